The average molecular weight is 293 g/mol. The van der Waals surface area contributed by atoms with Crippen LogP contribution in [0.25, 0.3) is 0 Å². The van der Waals surface area contributed by atoms with Crippen LogP contribution in [0.2, 0.25) is 0 Å². The van der Waals surface area contributed by atoms with Crippen molar-refractivity contribution in [2.24, 2.45) is 0 Å². The zero-order chi connectivity index (χ0) is 12.3. The predicted molar refractivity (Wildman–Crippen MR) is 59.9 cm³/mol. The molecule has 0 fully saturated rings. The normalized spacial score (nSPS) is 10.6. The number of alkyl halides is 2. The number of carbonyl (C=O) groups excluding carboxylic acids is 1. The Labute approximate surface area is 101 Å². The minimum absolute atomic E-state index is 0.0200. The third kappa shape index (κ3) is 3.27. The summed E-state index contributed by atoms with van der Waals surface area (Å²) >= 11 is 3.13. The van der Waals surface area contributed by atoms with Crippen LogP contribution in [0.4, 0.5) is 8.78 Å². The Kier molecular flexibility index (Phi) is 4.41. The molecule has 0 spiro atoms. The van der Waals surface area contributed by atoms with Crippen LogP contribution in [-0.2, 0) is 11.2 Å². The fraction of sp³-hybridized carbons (Fsp3) is 0.364. The maximum atomic E-state index is 12.2. The van der Waals surface area contributed by atoms with Crippen molar-refractivity contribution in [1.29, 1.82) is 0 Å². The van der Waals surface area contributed by atoms with Crippen molar-refractivity contribution in [2.75, 3.05) is 0 Å². The van der Waals surface area contributed by atoms with E-state index in [0.29, 0.717) is 15.6 Å². The number of benzene rings is 1. The van der Waals surface area contributed by atoms with Crippen LogP contribution in [0.5, 0.6) is 5.75 Å². The summed E-state index contributed by atoms with van der Waals surface area (Å²) in [4.78, 5) is 11.0. The van der Waals surface area contributed by atoms with Gasteiger partial charge >= 0.3 is 6.61 Å². The topological polar surface area (TPSA) is 26.3 Å². The van der Waals surface area contributed by atoms with Crippen molar-refractivity contribution in [3.63, 3.8) is 0 Å². The standard InChI is InChI=1S/C11H11BrF2O2/c1-6(15)5-8-3-4-9(12)10(7(8)2)16-11(13)14/h3-4,11H,5H2,1-2H3. The van der Waals surface area contributed by atoms with Gasteiger partial charge in [0.05, 0.1) is 4.47 Å². The van der Waals surface area contributed by atoms with Gasteiger partial charge in [-0.1, -0.05) is 6.07 Å². The lowest BCUT2D eigenvalue weighted by molar-refractivity contribution is -0.116. The summed E-state index contributed by atoms with van der Waals surface area (Å²) in [5, 5.41) is 0. The fourth-order valence-electron chi connectivity index (χ4n) is 1.39. The molecule has 0 heterocycles. The lowest BCUT2D eigenvalue weighted by Crippen LogP contribution is -2.06. The molecule has 0 aliphatic heterocycles. The molecule has 1 aromatic carbocycles. The van der Waals surface area contributed by atoms with E-state index in [1.165, 1.54) is 6.92 Å². The first kappa shape index (κ1) is 13.1. The summed E-state index contributed by atoms with van der Waals surface area (Å²) in [6.07, 6.45) is 0.221. The number of hydrogen-bond acceptors (Lipinski definition) is 2. The Balaban J connectivity index is 3.10. The monoisotopic (exact) mass is 292 g/mol. The molecule has 2 nitrogen and oxygen atoms in total. The Bertz CT molecular complexity index is 405. The number of ether oxygens (including phenoxy) is 1. The maximum Gasteiger partial charge on any atom is 0.387 e. The van der Waals surface area contributed by atoms with E-state index in [0.717, 1.165) is 0 Å². The van der Waals surface area contributed by atoms with Gasteiger partial charge in [0.2, 0.25) is 0 Å². The van der Waals surface area contributed by atoms with E-state index in [-0.39, 0.29) is 18.0 Å². The molecule has 0 aliphatic carbocycles. The highest BCUT2D eigenvalue weighted by Gasteiger charge is 2.14. The van der Waals surface area contributed by atoms with Gasteiger partial charge in [0.1, 0.15) is 11.5 Å². The molecular formula is C11H11BrF2O2. The second-order valence-electron chi connectivity index (χ2n) is 3.42. The maximum absolute atomic E-state index is 12.2. The summed E-state index contributed by atoms with van der Waals surface area (Å²) < 4.78 is 29.2. The van der Waals surface area contributed by atoms with Gasteiger partial charge < -0.3 is 4.74 Å². The molecule has 0 N–H and O–H groups in total. The SMILES string of the molecule is CC(=O)Cc1ccc(Br)c(OC(F)F)c1C. The van der Waals surface area contributed by atoms with Gasteiger partial charge in [-0.25, -0.2) is 0 Å². The molecule has 0 unspecified atom stereocenters. The molecule has 1 aromatic rings. The molecule has 0 aliphatic rings. The number of rotatable bonds is 4. The van der Waals surface area contributed by atoms with Gasteiger partial charge in [-0.3, -0.25) is 4.79 Å². The van der Waals surface area contributed by atoms with Gasteiger partial charge in [-0.05, 0) is 47.0 Å². The molecule has 0 atom stereocenters. The highest BCUT2D eigenvalue weighted by molar-refractivity contribution is 9.10. The van der Waals surface area contributed by atoms with Crippen molar-refractivity contribution >= 4 is 21.7 Å². The summed E-state index contributed by atoms with van der Waals surface area (Å²) in [5.74, 6) is 0.0715. The quantitative estimate of drug-likeness (QED) is 0.849. The summed E-state index contributed by atoms with van der Waals surface area (Å²) in [6.45, 7) is 0.234. The van der Waals surface area contributed by atoms with Crippen molar-refractivity contribution in [1.82, 2.24) is 0 Å². The predicted octanol–water partition coefficient (Wildman–Crippen LogP) is 3.49. The molecule has 0 saturated carbocycles. The van der Waals surface area contributed by atoms with Crippen LogP contribution < -0.4 is 4.74 Å². The van der Waals surface area contributed by atoms with Gasteiger partial charge in [0.15, 0.2) is 0 Å². The zero-order valence-corrected chi connectivity index (χ0v) is 10.5. The van der Waals surface area contributed by atoms with Gasteiger partial charge in [-0.15, -0.1) is 0 Å². The molecule has 88 valence electrons. The van der Waals surface area contributed by atoms with Crippen LogP contribution >= 0.6 is 15.9 Å². The van der Waals surface area contributed by atoms with E-state index < -0.39 is 6.61 Å². The highest BCUT2D eigenvalue weighted by atomic mass is 79.9. The number of hydrogen-bond donors (Lipinski definition) is 0. The molecule has 0 bridgehead atoms. The van der Waals surface area contributed by atoms with Gasteiger partial charge in [-0.2, -0.15) is 8.78 Å². The van der Waals surface area contributed by atoms with Crippen LogP contribution in [0, 0.1) is 6.92 Å². The summed E-state index contributed by atoms with van der Waals surface area (Å²) in [7, 11) is 0. The number of halogens is 3. The molecule has 0 amide bonds. The molecule has 5 heteroatoms. The second kappa shape index (κ2) is 5.39. The number of ketones is 1. The molecule has 1 rings (SSSR count). The molecule has 16 heavy (non-hydrogen) atoms. The zero-order valence-electron chi connectivity index (χ0n) is 8.89. The van der Waals surface area contributed by atoms with Gasteiger partial charge in [0, 0.05) is 6.42 Å². The lowest BCUT2D eigenvalue weighted by Gasteiger charge is -2.13. The Morgan fingerprint density at radius 1 is 1.50 bits per heavy atom. The van der Waals surface area contributed by atoms with E-state index >= 15 is 0 Å². The van der Waals surface area contributed by atoms with E-state index in [1.807, 2.05) is 0 Å². The number of Topliss-reactive ketones (excluding diaryl/α,β-unsaturated/α-hetero) is 1. The summed E-state index contributed by atoms with van der Waals surface area (Å²) in [6, 6.07) is 3.32. The average Bonchev–Trinajstić information content (AvgIpc) is 2.16. The minimum Gasteiger partial charge on any atom is -0.433 e. The van der Waals surface area contributed by atoms with E-state index in [1.54, 1.807) is 19.1 Å². The Morgan fingerprint density at radius 2 is 2.12 bits per heavy atom. The third-order valence-corrected chi connectivity index (χ3v) is 2.74. The first-order valence-electron chi connectivity index (χ1n) is 4.64. The highest BCUT2D eigenvalue weighted by Crippen LogP contribution is 2.32. The van der Waals surface area contributed by atoms with E-state index in [4.69, 9.17) is 0 Å². The Morgan fingerprint density at radius 3 is 2.62 bits per heavy atom. The molecule has 0 aromatic heterocycles. The smallest absolute Gasteiger partial charge is 0.387 e. The van der Waals surface area contributed by atoms with Crippen LogP contribution in [0.1, 0.15) is 18.1 Å². The van der Waals surface area contributed by atoms with E-state index in [2.05, 4.69) is 20.7 Å². The van der Waals surface area contributed by atoms with Crippen LogP contribution in [0.15, 0.2) is 16.6 Å². The van der Waals surface area contributed by atoms with E-state index in [9.17, 15) is 13.6 Å². The molecular weight excluding hydrogens is 282 g/mol. The molecule has 0 radical (unpaired) electrons. The van der Waals surface area contributed by atoms with Crippen molar-refractivity contribution < 1.29 is 18.3 Å². The van der Waals surface area contributed by atoms with Crippen LogP contribution in [-0.4, -0.2) is 12.4 Å². The van der Waals surface area contributed by atoms with Crippen LogP contribution in [0.3, 0.4) is 0 Å². The first-order valence-corrected chi connectivity index (χ1v) is 5.43. The summed E-state index contributed by atoms with van der Waals surface area (Å²) in [5.41, 5.74) is 1.26. The first-order chi connectivity index (χ1) is 7.41. The van der Waals surface area contributed by atoms with Crippen molar-refractivity contribution in [2.45, 2.75) is 26.9 Å². The van der Waals surface area contributed by atoms with Gasteiger partial charge in [0.25, 0.3) is 0 Å². The minimum atomic E-state index is -2.87. The fourth-order valence-corrected chi connectivity index (χ4v) is 1.92. The lowest BCUT2D eigenvalue weighted by atomic mass is 10.0. The molecule has 0 saturated heterocycles. The van der Waals surface area contributed by atoms with Crippen molar-refractivity contribution in [3.8, 4) is 5.75 Å². The second-order valence-corrected chi connectivity index (χ2v) is 4.27. The number of carbonyl (C=O) groups is 1. The Hall–Kier alpha value is -0.970. The third-order valence-electron chi connectivity index (χ3n) is 2.12. The van der Waals surface area contributed by atoms with Crippen molar-refractivity contribution in [3.05, 3.63) is 27.7 Å². The largest absolute Gasteiger partial charge is 0.433 e.